The Morgan fingerprint density at radius 1 is 1.17 bits per heavy atom. The first-order valence-corrected chi connectivity index (χ1v) is 8.51. The van der Waals surface area contributed by atoms with Gasteiger partial charge < -0.3 is 0 Å². The fourth-order valence-electron chi connectivity index (χ4n) is 1.13. The van der Waals surface area contributed by atoms with Crippen LogP contribution in [0.4, 0.5) is 0 Å². The molecular formula is C11H14O5S2. The highest BCUT2D eigenvalue weighted by molar-refractivity contribution is 7.90. The van der Waals surface area contributed by atoms with E-state index in [1.807, 2.05) is 0 Å². The van der Waals surface area contributed by atoms with E-state index in [1.54, 1.807) is 18.2 Å². The Morgan fingerprint density at radius 2 is 1.72 bits per heavy atom. The minimum Gasteiger partial charge on any atom is -0.265 e. The molecule has 0 aromatic heterocycles. The normalized spacial score (nSPS) is 12.3. The second-order valence-electron chi connectivity index (χ2n) is 3.68. The molecule has 18 heavy (non-hydrogen) atoms. The van der Waals surface area contributed by atoms with E-state index in [4.69, 9.17) is 0 Å². The third kappa shape index (κ3) is 4.59. The van der Waals surface area contributed by atoms with E-state index in [9.17, 15) is 16.8 Å². The van der Waals surface area contributed by atoms with Gasteiger partial charge in [-0.05, 0) is 17.7 Å². The Morgan fingerprint density at radius 3 is 2.17 bits per heavy atom. The largest absolute Gasteiger partial charge is 0.297 e. The van der Waals surface area contributed by atoms with Gasteiger partial charge in [-0.1, -0.05) is 24.8 Å². The smallest absolute Gasteiger partial charge is 0.265 e. The van der Waals surface area contributed by atoms with Crippen molar-refractivity contribution in [2.75, 3.05) is 18.6 Å². The van der Waals surface area contributed by atoms with Crippen molar-refractivity contribution in [2.45, 2.75) is 4.90 Å². The van der Waals surface area contributed by atoms with Crippen molar-refractivity contribution in [1.82, 2.24) is 0 Å². The van der Waals surface area contributed by atoms with Crippen LogP contribution in [0.5, 0.6) is 0 Å². The van der Waals surface area contributed by atoms with Crippen LogP contribution in [0.15, 0.2) is 35.7 Å². The van der Waals surface area contributed by atoms with E-state index < -0.39 is 20.0 Å². The van der Waals surface area contributed by atoms with Crippen molar-refractivity contribution in [2.24, 2.45) is 0 Å². The average Bonchev–Trinajstić information content (AvgIpc) is 2.27. The van der Waals surface area contributed by atoms with E-state index in [0.717, 1.165) is 11.8 Å². The maximum absolute atomic E-state index is 11.7. The minimum absolute atomic E-state index is 0.0124. The van der Waals surface area contributed by atoms with Gasteiger partial charge in [0.15, 0.2) is 0 Å². The maximum Gasteiger partial charge on any atom is 0.297 e. The fourth-order valence-corrected chi connectivity index (χ4v) is 2.53. The number of hydrogen-bond acceptors (Lipinski definition) is 5. The molecular weight excluding hydrogens is 276 g/mol. The summed E-state index contributed by atoms with van der Waals surface area (Å²) in [5, 5.41) is 0. The highest BCUT2D eigenvalue weighted by Gasteiger charge is 2.15. The molecule has 0 N–H and O–H groups in total. The number of sulfone groups is 1. The molecule has 5 nitrogen and oxygen atoms in total. The lowest BCUT2D eigenvalue weighted by Gasteiger charge is -2.05. The van der Waals surface area contributed by atoms with Crippen LogP contribution in [-0.2, 0) is 24.1 Å². The Hall–Kier alpha value is -1.18. The van der Waals surface area contributed by atoms with E-state index in [0.29, 0.717) is 0 Å². The Balaban J connectivity index is 2.77. The lowest BCUT2D eigenvalue weighted by molar-refractivity contribution is 0.339. The van der Waals surface area contributed by atoms with Crippen LogP contribution in [0.2, 0.25) is 0 Å². The second kappa shape index (κ2) is 5.64. The first-order valence-electron chi connectivity index (χ1n) is 5.04. The molecule has 0 saturated heterocycles. The zero-order valence-electron chi connectivity index (χ0n) is 9.87. The Kier molecular flexibility index (Phi) is 4.66. The van der Waals surface area contributed by atoms with E-state index in [1.165, 1.54) is 12.1 Å². The summed E-state index contributed by atoms with van der Waals surface area (Å²) < 4.78 is 49.7. The summed E-state index contributed by atoms with van der Waals surface area (Å²) in [4.78, 5) is -0.0124. The van der Waals surface area contributed by atoms with Gasteiger partial charge in [-0.15, -0.1) is 0 Å². The van der Waals surface area contributed by atoms with Crippen molar-refractivity contribution in [3.8, 4) is 0 Å². The first-order chi connectivity index (χ1) is 8.24. The maximum atomic E-state index is 11.7. The topological polar surface area (TPSA) is 77.5 Å². The van der Waals surface area contributed by atoms with Crippen molar-refractivity contribution in [3.63, 3.8) is 0 Å². The van der Waals surface area contributed by atoms with Crippen LogP contribution in [-0.4, -0.2) is 35.5 Å². The molecule has 0 amide bonds. The molecule has 0 bridgehead atoms. The third-order valence-corrected chi connectivity index (χ3v) is 4.33. The predicted molar refractivity (Wildman–Crippen MR) is 69.4 cm³/mol. The van der Waals surface area contributed by atoms with Crippen LogP contribution in [0.3, 0.4) is 0 Å². The fraction of sp³-hybridized carbons (Fsp3) is 0.273. The molecule has 0 aliphatic rings. The summed E-state index contributed by atoms with van der Waals surface area (Å²) in [5.74, 6) is -0.336. The monoisotopic (exact) mass is 290 g/mol. The van der Waals surface area contributed by atoms with Gasteiger partial charge in [0.2, 0.25) is 0 Å². The van der Waals surface area contributed by atoms with Gasteiger partial charge in [-0.3, -0.25) is 4.18 Å². The molecule has 1 aromatic rings. The van der Waals surface area contributed by atoms with Crippen LogP contribution in [0.1, 0.15) is 5.56 Å². The van der Waals surface area contributed by atoms with Crippen LogP contribution in [0.25, 0.3) is 6.08 Å². The summed E-state index contributed by atoms with van der Waals surface area (Å²) in [6.07, 6.45) is 2.60. The number of benzene rings is 1. The van der Waals surface area contributed by atoms with Crippen LogP contribution >= 0.6 is 0 Å². The average molecular weight is 290 g/mol. The van der Waals surface area contributed by atoms with Gasteiger partial charge >= 0.3 is 0 Å². The van der Waals surface area contributed by atoms with E-state index >= 15 is 0 Å². The molecule has 1 aromatic carbocycles. The lowest BCUT2D eigenvalue weighted by Crippen LogP contribution is -2.14. The summed E-state index contributed by atoms with van der Waals surface area (Å²) in [5.41, 5.74) is 0.782. The molecule has 0 saturated carbocycles. The highest BCUT2D eigenvalue weighted by Crippen LogP contribution is 2.14. The van der Waals surface area contributed by atoms with Crippen molar-refractivity contribution < 1.29 is 21.0 Å². The Bertz CT molecular complexity index is 612. The van der Waals surface area contributed by atoms with Crippen LogP contribution in [0, 0.1) is 0 Å². The van der Waals surface area contributed by atoms with Crippen molar-refractivity contribution in [1.29, 1.82) is 0 Å². The molecule has 0 heterocycles. The summed E-state index contributed by atoms with van der Waals surface area (Å²) in [6, 6.07) is 5.93. The molecule has 1 rings (SSSR count). The summed E-state index contributed by atoms with van der Waals surface area (Å²) >= 11 is 0. The van der Waals surface area contributed by atoms with Gasteiger partial charge in [0, 0.05) is 6.26 Å². The lowest BCUT2D eigenvalue weighted by atomic mass is 10.2. The van der Waals surface area contributed by atoms with Gasteiger partial charge in [0.25, 0.3) is 10.1 Å². The van der Waals surface area contributed by atoms with Crippen molar-refractivity contribution >= 4 is 26.0 Å². The molecule has 100 valence electrons. The molecule has 0 fully saturated rings. The SMILES string of the molecule is C=Cc1ccc(S(=O)(=O)OCCS(C)(=O)=O)cc1. The molecule has 0 atom stereocenters. The molecule has 0 aliphatic carbocycles. The standard InChI is InChI=1S/C11H14O5S2/c1-3-10-4-6-11(7-5-10)18(14,15)16-8-9-17(2,12)13/h3-7H,1,8-9H2,2H3. The molecule has 0 radical (unpaired) electrons. The van der Waals surface area contributed by atoms with Gasteiger partial charge in [-0.2, -0.15) is 8.42 Å². The quantitative estimate of drug-likeness (QED) is 0.733. The highest BCUT2D eigenvalue weighted by atomic mass is 32.2. The van der Waals surface area contributed by atoms with Gasteiger partial charge in [-0.25, -0.2) is 8.42 Å². The first kappa shape index (κ1) is 14.9. The number of rotatable bonds is 6. The zero-order valence-corrected chi connectivity index (χ0v) is 11.5. The molecule has 0 unspecified atom stereocenters. The molecule has 0 spiro atoms. The Labute approximate surface area is 107 Å². The molecule has 7 heteroatoms. The summed E-state index contributed by atoms with van der Waals surface area (Å²) in [6.45, 7) is 3.17. The number of hydrogen-bond donors (Lipinski definition) is 0. The second-order valence-corrected chi connectivity index (χ2v) is 7.55. The van der Waals surface area contributed by atoms with E-state index in [-0.39, 0.29) is 17.3 Å². The predicted octanol–water partition coefficient (Wildman–Crippen LogP) is 1.08. The summed E-state index contributed by atoms with van der Waals surface area (Å²) in [7, 11) is -7.15. The van der Waals surface area contributed by atoms with Crippen molar-refractivity contribution in [3.05, 3.63) is 36.4 Å². The zero-order chi connectivity index (χ0) is 13.8. The van der Waals surface area contributed by atoms with Gasteiger partial charge in [0.1, 0.15) is 9.84 Å². The molecule has 0 aliphatic heterocycles. The van der Waals surface area contributed by atoms with Crippen LogP contribution < -0.4 is 0 Å². The minimum atomic E-state index is -3.91. The van der Waals surface area contributed by atoms with E-state index in [2.05, 4.69) is 10.8 Å². The van der Waals surface area contributed by atoms with Gasteiger partial charge in [0.05, 0.1) is 17.3 Å². The third-order valence-electron chi connectivity index (χ3n) is 2.10.